The molecule has 0 radical (unpaired) electrons. The molecular weight excluding hydrogens is 266 g/mol. The third-order valence-electron chi connectivity index (χ3n) is 2.87. The number of aryl methyl sites for hydroxylation is 1. The highest BCUT2D eigenvalue weighted by Gasteiger charge is 2.17. The van der Waals surface area contributed by atoms with Gasteiger partial charge in [-0.3, -0.25) is 10.8 Å². The second-order valence-electron chi connectivity index (χ2n) is 3.98. The summed E-state index contributed by atoms with van der Waals surface area (Å²) in [6, 6.07) is 3.52. The first-order chi connectivity index (χ1) is 9.10. The summed E-state index contributed by atoms with van der Waals surface area (Å²) in [5, 5.41) is 1.35. The summed E-state index contributed by atoms with van der Waals surface area (Å²) < 4.78 is 4.97. The molecule has 1 aromatic heterocycles. The highest BCUT2D eigenvalue weighted by Crippen LogP contribution is 2.30. The van der Waals surface area contributed by atoms with E-state index in [1.165, 1.54) is 6.20 Å². The van der Waals surface area contributed by atoms with Crippen LogP contribution in [0.2, 0.25) is 5.02 Å². The molecule has 0 saturated carbocycles. The highest BCUT2D eigenvalue weighted by atomic mass is 35.5. The summed E-state index contributed by atoms with van der Waals surface area (Å²) in [6.07, 6.45) is 1.44. The van der Waals surface area contributed by atoms with Gasteiger partial charge in [0.1, 0.15) is 5.56 Å². The molecule has 0 saturated heterocycles. The largest absolute Gasteiger partial charge is 0.462 e. The van der Waals surface area contributed by atoms with Crippen LogP contribution in [0.25, 0.3) is 10.9 Å². The number of esters is 1. The number of carbonyl (C=O) groups excluding carboxylic acids is 1. The second kappa shape index (κ2) is 5.42. The highest BCUT2D eigenvalue weighted by molar-refractivity contribution is 6.32. The standard InChI is InChI=1S/C13H14ClN3O2/c1-3-19-13(18)9-6-16-11-7(2)10(14)5-4-8(11)12(9)17-15/h4-6H,3,15H2,1-2H3,(H,16,17). The smallest absolute Gasteiger partial charge is 0.341 e. The lowest BCUT2D eigenvalue weighted by atomic mass is 10.1. The number of halogens is 1. The van der Waals surface area contributed by atoms with E-state index in [9.17, 15) is 4.79 Å². The van der Waals surface area contributed by atoms with E-state index in [0.717, 1.165) is 10.9 Å². The first-order valence-electron chi connectivity index (χ1n) is 5.81. The Kier molecular flexibility index (Phi) is 3.87. The molecule has 0 unspecified atom stereocenters. The zero-order valence-electron chi connectivity index (χ0n) is 10.7. The van der Waals surface area contributed by atoms with Crippen molar-refractivity contribution in [3.63, 3.8) is 0 Å². The second-order valence-corrected chi connectivity index (χ2v) is 4.39. The van der Waals surface area contributed by atoms with Crippen molar-refractivity contribution in [1.82, 2.24) is 4.98 Å². The third kappa shape index (κ3) is 2.34. The fourth-order valence-corrected chi connectivity index (χ4v) is 2.05. The van der Waals surface area contributed by atoms with E-state index in [1.807, 2.05) is 6.92 Å². The zero-order valence-corrected chi connectivity index (χ0v) is 11.4. The number of hydrogen-bond donors (Lipinski definition) is 2. The molecule has 5 nitrogen and oxygen atoms in total. The van der Waals surface area contributed by atoms with Crippen LogP contribution in [0.3, 0.4) is 0 Å². The van der Waals surface area contributed by atoms with Gasteiger partial charge >= 0.3 is 5.97 Å². The number of nitrogens with zero attached hydrogens (tertiary/aromatic N) is 1. The van der Waals surface area contributed by atoms with Crippen molar-refractivity contribution >= 4 is 34.2 Å². The number of ether oxygens (including phenoxy) is 1. The summed E-state index contributed by atoms with van der Waals surface area (Å²) in [6.45, 7) is 3.90. The average molecular weight is 280 g/mol. The lowest BCUT2D eigenvalue weighted by Crippen LogP contribution is -2.15. The van der Waals surface area contributed by atoms with E-state index in [1.54, 1.807) is 19.1 Å². The summed E-state index contributed by atoms with van der Waals surface area (Å²) in [4.78, 5) is 16.1. The van der Waals surface area contributed by atoms with Gasteiger partial charge in [0.2, 0.25) is 0 Å². The quantitative estimate of drug-likeness (QED) is 0.513. The fraction of sp³-hybridized carbons (Fsp3) is 0.231. The molecule has 6 heteroatoms. The molecule has 0 aliphatic carbocycles. The molecule has 0 bridgehead atoms. The van der Waals surface area contributed by atoms with Crippen molar-refractivity contribution in [1.29, 1.82) is 0 Å². The molecule has 0 spiro atoms. The molecule has 0 fully saturated rings. The number of fused-ring (bicyclic) bond motifs is 1. The van der Waals surface area contributed by atoms with Crippen LogP contribution in [-0.4, -0.2) is 17.6 Å². The van der Waals surface area contributed by atoms with Gasteiger partial charge in [-0.1, -0.05) is 11.6 Å². The summed E-state index contributed by atoms with van der Waals surface area (Å²) >= 11 is 6.05. The number of pyridine rings is 1. The molecule has 0 aliphatic rings. The van der Waals surface area contributed by atoms with Gasteiger partial charge in [-0.15, -0.1) is 0 Å². The zero-order chi connectivity index (χ0) is 14.0. The fourth-order valence-electron chi connectivity index (χ4n) is 1.90. The van der Waals surface area contributed by atoms with Crippen LogP contribution in [0.1, 0.15) is 22.8 Å². The van der Waals surface area contributed by atoms with Crippen molar-refractivity contribution in [2.45, 2.75) is 13.8 Å². The van der Waals surface area contributed by atoms with Crippen LogP contribution >= 0.6 is 11.6 Å². The van der Waals surface area contributed by atoms with Crippen LogP contribution in [0.5, 0.6) is 0 Å². The van der Waals surface area contributed by atoms with Gasteiger partial charge < -0.3 is 10.2 Å². The Bertz CT molecular complexity index is 643. The van der Waals surface area contributed by atoms with E-state index in [0.29, 0.717) is 28.4 Å². The number of anilines is 1. The van der Waals surface area contributed by atoms with Gasteiger partial charge in [0.25, 0.3) is 0 Å². The normalized spacial score (nSPS) is 10.5. The van der Waals surface area contributed by atoms with E-state index in [2.05, 4.69) is 10.4 Å². The number of nitrogens with one attached hydrogen (secondary N) is 1. The Labute approximate surface area is 115 Å². The molecular formula is C13H14ClN3O2. The number of benzene rings is 1. The molecule has 19 heavy (non-hydrogen) atoms. The number of carbonyl (C=O) groups is 1. The van der Waals surface area contributed by atoms with Crippen molar-refractivity contribution in [2.24, 2.45) is 5.84 Å². The Hall–Kier alpha value is -1.85. The van der Waals surface area contributed by atoms with Crippen LogP contribution in [0.4, 0.5) is 5.69 Å². The predicted molar refractivity (Wildman–Crippen MR) is 75.3 cm³/mol. The molecule has 0 amide bonds. The maximum atomic E-state index is 11.8. The molecule has 1 aromatic carbocycles. The minimum absolute atomic E-state index is 0.292. The molecule has 2 aromatic rings. The van der Waals surface area contributed by atoms with Crippen molar-refractivity contribution in [2.75, 3.05) is 12.0 Å². The van der Waals surface area contributed by atoms with Crippen LogP contribution in [0, 0.1) is 6.92 Å². The number of nitrogens with two attached hydrogens (primary N) is 1. The monoisotopic (exact) mass is 279 g/mol. The van der Waals surface area contributed by atoms with Crippen molar-refractivity contribution in [3.8, 4) is 0 Å². The molecule has 0 atom stereocenters. The number of rotatable bonds is 3. The Morgan fingerprint density at radius 3 is 2.89 bits per heavy atom. The topological polar surface area (TPSA) is 77.2 Å². The molecule has 3 N–H and O–H groups in total. The molecule has 2 rings (SSSR count). The summed E-state index contributed by atoms with van der Waals surface area (Å²) in [5.41, 5.74) is 4.88. The SMILES string of the molecule is CCOC(=O)c1cnc2c(C)c(Cl)ccc2c1NN. The van der Waals surface area contributed by atoms with Crippen LogP contribution < -0.4 is 11.3 Å². The third-order valence-corrected chi connectivity index (χ3v) is 3.28. The number of nitrogen functional groups attached to an aromatic ring is 1. The van der Waals surface area contributed by atoms with Crippen LogP contribution in [0.15, 0.2) is 18.3 Å². The summed E-state index contributed by atoms with van der Waals surface area (Å²) in [7, 11) is 0. The molecule has 1 heterocycles. The van der Waals surface area contributed by atoms with Gasteiger partial charge in [0.15, 0.2) is 0 Å². The Morgan fingerprint density at radius 2 is 2.26 bits per heavy atom. The maximum Gasteiger partial charge on any atom is 0.341 e. The predicted octanol–water partition coefficient (Wildman–Crippen LogP) is 2.66. The number of hydrazine groups is 1. The molecule has 100 valence electrons. The van der Waals surface area contributed by atoms with Gasteiger partial charge in [0.05, 0.1) is 17.8 Å². The van der Waals surface area contributed by atoms with Crippen LogP contribution in [-0.2, 0) is 4.74 Å². The van der Waals surface area contributed by atoms with Gasteiger partial charge in [-0.2, -0.15) is 0 Å². The summed E-state index contributed by atoms with van der Waals surface area (Å²) in [5.74, 6) is 5.06. The Morgan fingerprint density at radius 1 is 1.53 bits per heavy atom. The van der Waals surface area contributed by atoms with E-state index >= 15 is 0 Å². The van der Waals surface area contributed by atoms with Gasteiger partial charge in [-0.05, 0) is 31.5 Å². The average Bonchev–Trinajstić information content (AvgIpc) is 2.41. The number of aromatic nitrogens is 1. The molecule has 0 aliphatic heterocycles. The lowest BCUT2D eigenvalue weighted by Gasteiger charge is -2.12. The van der Waals surface area contributed by atoms with Crippen molar-refractivity contribution < 1.29 is 9.53 Å². The van der Waals surface area contributed by atoms with Gasteiger partial charge in [0, 0.05) is 16.6 Å². The minimum Gasteiger partial charge on any atom is -0.462 e. The first-order valence-corrected chi connectivity index (χ1v) is 6.19. The van der Waals surface area contributed by atoms with Crippen molar-refractivity contribution in [3.05, 3.63) is 34.5 Å². The van der Waals surface area contributed by atoms with Gasteiger partial charge in [-0.25, -0.2) is 4.79 Å². The van der Waals surface area contributed by atoms with E-state index in [-0.39, 0.29) is 0 Å². The Balaban J connectivity index is 2.70. The minimum atomic E-state index is -0.461. The maximum absolute atomic E-state index is 11.8. The number of hydrogen-bond acceptors (Lipinski definition) is 5. The van der Waals surface area contributed by atoms with E-state index in [4.69, 9.17) is 22.2 Å². The van der Waals surface area contributed by atoms with E-state index < -0.39 is 5.97 Å². The first kappa shape index (κ1) is 13.6. The lowest BCUT2D eigenvalue weighted by molar-refractivity contribution is 0.0527.